The van der Waals surface area contributed by atoms with E-state index >= 15 is 0 Å². The third kappa shape index (κ3) is 7.20. The van der Waals surface area contributed by atoms with Crippen molar-refractivity contribution in [2.24, 2.45) is 0 Å². The molecule has 8 nitrogen and oxygen atoms in total. The summed E-state index contributed by atoms with van der Waals surface area (Å²) in [6.45, 7) is 3.72. The van der Waals surface area contributed by atoms with Gasteiger partial charge in [0.05, 0.1) is 29.2 Å². The first-order valence-corrected chi connectivity index (χ1v) is 13.9. The number of halogens is 3. The van der Waals surface area contributed by atoms with E-state index in [1.807, 2.05) is 13.8 Å². The van der Waals surface area contributed by atoms with Gasteiger partial charge < -0.3 is 29.0 Å². The van der Waals surface area contributed by atoms with Gasteiger partial charge in [0.2, 0.25) is 0 Å². The maximum atomic E-state index is 13.1. The molecule has 232 valence electrons. The van der Waals surface area contributed by atoms with Crippen LogP contribution in [0.2, 0.25) is 0 Å². The summed E-state index contributed by atoms with van der Waals surface area (Å²) in [5.74, 6) is -0.658. The zero-order chi connectivity index (χ0) is 32.3. The van der Waals surface area contributed by atoms with Crippen molar-refractivity contribution in [1.82, 2.24) is 4.57 Å². The average Bonchev–Trinajstić information content (AvgIpc) is 3.29. The number of carbonyl (C=O) groups is 2. The molecule has 45 heavy (non-hydrogen) atoms. The zero-order valence-corrected chi connectivity index (χ0v) is 24.2. The lowest BCUT2D eigenvalue weighted by Crippen LogP contribution is -2.11. The molecular formula is C34H28F3NO7. The maximum absolute atomic E-state index is 13.1. The number of hydrogen-bond acceptors (Lipinski definition) is 5. The number of ether oxygens (including phenoxy) is 3. The molecule has 0 amide bonds. The second kappa shape index (κ2) is 12.7. The molecule has 5 aromatic rings. The molecule has 11 heteroatoms. The van der Waals surface area contributed by atoms with Gasteiger partial charge in [0.15, 0.2) is 0 Å². The van der Waals surface area contributed by atoms with Crippen molar-refractivity contribution in [1.29, 1.82) is 0 Å². The monoisotopic (exact) mass is 619 g/mol. The number of hydrogen-bond donors (Lipinski definition) is 2. The molecule has 0 spiro atoms. The molecule has 5 rings (SSSR count). The fourth-order valence-corrected chi connectivity index (χ4v) is 4.92. The third-order valence-electron chi connectivity index (χ3n) is 6.76. The first-order chi connectivity index (χ1) is 21.4. The smallest absolute Gasteiger partial charge is 0.416 e. The summed E-state index contributed by atoms with van der Waals surface area (Å²) >= 11 is 0. The number of aromatic carboxylic acids is 1. The van der Waals surface area contributed by atoms with Gasteiger partial charge in [-0.3, -0.25) is 4.79 Å². The van der Waals surface area contributed by atoms with Crippen molar-refractivity contribution >= 4 is 22.8 Å². The van der Waals surface area contributed by atoms with E-state index in [-0.39, 0.29) is 29.4 Å². The van der Waals surface area contributed by atoms with Crippen molar-refractivity contribution in [3.63, 3.8) is 0 Å². The maximum Gasteiger partial charge on any atom is 0.416 e. The number of nitrogens with zero attached hydrogens (tertiary/aromatic N) is 1. The van der Waals surface area contributed by atoms with Crippen LogP contribution in [0.25, 0.3) is 16.6 Å². The van der Waals surface area contributed by atoms with E-state index in [9.17, 15) is 33.0 Å². The van der Waals surface area contributed by atoms with Gasteiger partial charge in [0.25, 0.3) is 0 Å². The average molecular weight is 620 g/mol. The highest BCUT2D eigenvalue weighted by atomic mass is 19.4. The number of fused-ring (bicyclic) bond motifs is 1. The highest BCUT2D eigenvalue weighted by molar-refractivity contribution is 6.07. The van der Waals surface area contributed by atoms with Gasteiger partial charge in [-0.2, -0.15) is 13.2 Å². The fraction of sp³-hybridized carbons (Fsp3) is 0.176. The quantitative estimate of drug-likeness (QED) is 0.154. The summed E-state index contributed by atoms with van der Waals surface area (Å²) in [6.07, 6.45) is -5.04. The molecule has 0 saturated carbocycles. The number of carboxylic acids is 2. The Hall–Kier alpha value is -5.45. The van der Waals surface area contributed by atoms with E-state index in [0.717, 1.165) is 12.1 Å². The molecule has 0 fully saturated rings. The van der Waals surface area contributed by atoms with Crippen molar-refractivity contribution in [2.45, 2.75) is 39.2 Å². The molecule has 0 radical (unpaired) electrons. The molecule has 0 unspecified atom stereocenters. The lowest BCUT2D eigenvalue weighted by Gasteiger charge is -2.13. The minimum Gasteiger partial charge on any atom is -0.491 e. The van der Waals surface area contributed by atoms with Crippen LogP contribution in [-0.4, -0.2) is 32.8 Å². The molecule has 0 atom stereocenters. The predicted octanol–water partition coefficient (Wildman–Crippen LogP) is 8.13. The van der Waals surface area contributed by atoms with Crippen LogP contribution in [-0.2, 0) is 24.0 Å². The number of benzene rings is 4. The van der Waals surface area contributed by atoms with E-state index < -0.39 is 30.1 Å². The molecule has 2 N–H and O–H groups in total. The van der Waals surface area contributed by atoms with Crippen molar-refractivity contribution < 1.29 is 47.2 Å². The Balaban J connectivity index is 1.46. The van der Waals surface area contributed by atoms with Gasteiger partial charge in [-0.1, -0.05) is 12.1 Å². The van der Waals surface area contributed by atoms with Crippen LogP contribution in [0.1, 0.15) is 41.0 Å². The topological polar surface area (TPSA) is 107 Å². The molecule has 0 aliphatic heterocycles. The Morgan fingerprint density at radius 3 is 2.09 bits per heavy atom. The van der Waals surface area contributed by atoms with Gasteiger partial charge in [0, 0.05) is 16.8 Å². The van der Waals surface area contributed by atoms with Gasteiger partial charge in [-0.05, 0) is 98.3 Å². The van der Waals surface area contributed by atoms with Crippen molar-refractivity contribution in [2.75, 3.05) is 0 Å². The molecule has 0 aliphatic carbocycles. The van der Waals surface area contributed by atoms with Gasteiger partial charge in [-0.15, -0.1) is 0 Å². The molecule has 0 bridgehead atoms. The van der Waals surface area contributed by atoms with Crippen LogP contribution in [0.5, 0.6) is 23.0 Å². The number of aromatic nitrogens is 1. The van der Waals surface area contributed by atoms with E-state index in [4.69, 9.17) is 14.2 Å². The van der Waals surface area contributed by atoms with Crippen molar-refractivity contribution in [3.05, 3.63) is 113 Å². The Morgan fingerprint density at radius 1 is 0.822 bits per heavy atom. The number of rotatable bonds is 11. The van der Waals surface area contributed by atoms with Crippen LogP contribution in [0.3, 0.4) is 0 Å². The van der Waals surface area contributed by atoms with Gasteiger partial charge in [-0.25, -0.2) is 4.79 Å². The lowest BCUT2D eigenvalue weighted by molar-refractivity contribution is -0.138. The first kappa shape index (κ1) is 31.0. The lowest BCUT2D eigenvalue weighted by atomic mass is 10.1. The largest absolute Gasteiger partial charge is 0.491 e. The van der Waals surface area contributed by atoms with E-state index in [1.165, 1.54) is 12.1 Å². The standard InChI is InChI=1S/C34H28F3NO7/c1-20(2)44-25-10-12-26(13-11-25)45-27-14-15-29-28(17-27)32(33(41)42)30(18-31(39)40)38(29)23-6-8-24(9-7-23)43-19-21-4-3-5-22(16-21)34(35,36)37/h3-17,20H,18-19H2,1-2H3,(H,39,40)(H,41,42). The molecular weight excluding hydrogens is 591 g/mol. The Bertz CT molecular complexity index is 1840. The summed E-state index contributed by atoms with van der Waals surface area (Å²) in [7, 11) is 0. The Kier molecular flexibility index (Phi) is 8.71. The van der Waals surface area contributed by atoms with E-state index in [2.05, 4.69) is 0 Å². The molecule has 1 heterocycles. The normalized spacial score (nSPS) is 11.5. The van der Waals surface area contributed by atoms with Crippen molar-refractivity contribution in [3.8, 4) is 28.7 Å². The SMILES string of the molecule is CC(C)Oc1ccc(Oc2ccc3c(c2)c(C(=O)O)c(CC(=O)O)n3-c2ccc(OCc3cccc(C(F)(F)F)c3)cc2)cc1. The summed E-state index contributed by atoms with van der Waals surface area (Å²) in [5.41, 5.74) is 0.330. The third-order valence-corrected chi connectivity index (χ3v) is 6.76. The second-order valence-corrected chi connectivity index (χ2v) is 10.4. The van der Waals surface area contributed by atoms with Gasteiger partial charge >= 0.3 is 18.1 Å². The van der Waals surface area contributed by atoms with E-state index in [1.54, 1.807) is 71.3 Å². The fourth-order valence-electron chi connectivity index (χ4n) is 4.92. The zero-order valence-electron chi connectivity index (χ0n) is 24.2. The number of aliphatic carboxylic acids is 1. The highest BCUT2D eigenvalue weighted by Crippen LogP contribution is 2.35. The summed E-state index contributed by atoms with van der Waals surface area (Å²) in [6, 6.07) is 23.0. The highest BCUT2D eigenvalue weighted by Gasteiger charge is 2.30. The minimum absolute atomic E-state index is 0.00541. The minimum atomic E-state index is -4.47. The van der Waals surface area contributed by atoms with Crippen LogP contribution < -0.4 is 14.2 Å². The van der Waals surface area contributed by atoms with Crippen LogP contribution in [0.15, 0.2) is 91.0 Å². The molecule has 1 aromatic heterocycles. The second-order valence-electron chi connectivity index (χ2n) is 10.4. The molecule has 0 aliphatic rings. The first-order valence-electron chi connectivity index (χ1n) is 13.9. The molecule has 0 saturated heterocycles. The summed E-state index contributed by atoms with van der Waals surface area (Å²) < 4.78 is 58.0. The Morgan fingerprint density at radius 2 is 1.47 bits per heavy atom. The van der Waals surface area contributed by atoms with Gasteiger partial charge in [0.1, 0.15) is 29.6 Å². The summed E-state index contributed by atoms with van der Waals surface area (Å²) in [5, 5.41) is 20.1. The number of alkyl halides is 3. The predicted molar refractivity (Wildman–Crippen MR) is 160 cm³/mol. The summed E-state index contributed by atoms with van der Waals surface area (Å²) in [4.78, 5) is 24.3. The number of carboxylic acid groups (broad SMARTS) is 2. The van der Waals surface area contributed by atoms with Crippen LogP contribution in [0, 0.1) is 0 Å². The van der Waals surface area contributed by atoms with Crippen LogP contribution >= 0.6 is 0 Å². The molecule has 4 aromatic carbocycles. The van der Waals surface area contributed by atoms with Crippen LogP contribution in [0.4, 0.5) is 13.2 Å². The Labute approximate surface area is 255 Å². The van der Waals surface area contributed by atoms with E-state index in [0.29, 0.717) is 39.8 Å².